The van der Waals surface area contributed by atoms with Crippen molar-refractivity contribution in [3.8, 4) is 0 Å². The molecular formula is C14H24ClN3O. The molecule has 0 aliphatic rings. The maximum atomic E-state index is 11.7. The number of carbonyl (C=O) groups is 1. The molecule has 0 aromatic heterocycles. The summed E-state index contributed by atoms with van der Waals surface area (Å²) in [6.07, 6.45) is 0. The molecule has 1 aromatic rings. The topological polar surface area (TPSA) is 58.4 Å². The minimum absolute atomic E-state index is 0. The fourth-order valence-corrected chi connectivity index (χ4v) is 1.81. The molecule has 0 fully saturated rings. The maximum absolute atomic E-state index is 11.7. The number of nitrogens with two attached hydrogens (primary N) is 1. The van der Waals surface area contributed by atoms with Crippen molar-refractivity contribution in [2.24, 2.45) is 5.73 Å². The molecule has 0 saturated carbocycles. The Balaban J connectivity index is 0.00000324. The molecule has 4 nitrogen and oxygen atoms in total. The molecule has 1 aromatic carbocycles. The first-order valence-corrected chi connectivity index (χ1v) is 6.37. The fourth-order valence-electron chi connectivity index (χ4n) is 1.81. The van der Waals surface area contributed by atoms with E-state index < -0.39 is 0 Å². The lowest BCUT2D eigenvalue weighted by atomic mass is 10.2. The van der Waals surface area contributed by atoms with Gasteiger partial charge in [0.2, 0.25) is 5.91 Å². The minimum Gasteiger partial charge on any atom is -0.353 e. The molecule has 0 unspecified atom stereocenters. The van der Waals surface area contributed by atoms with Crippen LogP contribution >= 0.6 is 12.4 Å². The monoisotopic (exact) mass is 285 g/mol. The number of carbonyl (C=O) groups excluding carboxylic acids is 1. The predicted molar refractivity (Wildman–Crippen MR) is 81.3 cm³/mol. The van der Waals surface area contributed by atoms with Crippen molar-refractivity contribution >= 4 is 18.3 Å². The van der Waals surface area contributed by atoms with Gasteiger partial charge in [-0.05, 0) is 19.4 Å². The molecule has 0 atom stereocenters. The average molecular weight is 286 g/mol. The molecule has 5 heteroatoms. The van der Waals surface area contributed by atoms with E-state index >= 15 is 0 Å². The summed E-state index contributed by atoms with van der Waals surface area (Å²) < 4.78 is 0. The number of hydrogen-bond acceptors (Lipinski definition) is 3. The van der Waals surface area contributed by atoms with Crippen molar-refractivity contribution in [3.05, 3.63) is 35.9 Å². The number of nitrogens with one attached hydrogen (secondary N) is 1. The first-order valence-electron chi connectivity index (χ1n) is 6.37. The van der Waals surface area contributed by atoms with E-state index in [9.17, 15) is 4.79 Å². The highest BCUT2D eigenvalue weighted by atomic mass is 35.5. The van der Waals surface area contributed by atoms with Crippen LogP contribution in [0.3, 0.4) is 0 Å². The third kappa shape index (κ3) is 7.82. The van der Waals surface area contributed by atoms with Crippen LogP contribution in [0.1, 0.15) is 19.4 Å². The van der Waals surface area contributed by atoms with Gasteiger partial charge in [0.25, 0.3) is 0 Å². The largest absolute Gasteiger partial charge is 0.353 e. The van der Waals surface area contributed by atoms with Crippen LogP contribution in [0.5, 0.6) is 0 Å². The smallest absolute Gasteiger partial charge is 0.234 e. The van der Waals surface area contributed by atoms with E-state index in [0.717, 1.165) is 13.1 Å². The molecule has 108 valence electrons. The predicted octanol–water partition coefficient (Wildman–Crippen LogP) is 1.39. The van der Waals surface area contributed by atoms with Crippen LogP contribution in [-0.4, -0.2) is 36.5 Å². The Bertz CT molecular complexity index is 357. The zero-order valence-corrected chi connectivity index (χ0v) is 12.5. The van der Waals surface area contributed by atoms with Crippen LogP contribution in [0.4, 0.5) is 0 Å². The van der Waals surface area contributed by atoms with Gasteiger partial charge in [0.05, 0.1) is 6.54 Å². The molecule has 0 aliphatic carbocycles. The summed E-state index contributed by atoms with van der Waals surface area (Å²) in [6, 6.07) is 10.3. The zero-order chi connectivity index (χ0) is 13.4. The van der Waals surface area contributed by atoms with Crippen LogP contribution in [0.2, 0.25) is 0 Å². The summed E-state index contributed by atoms with van der Waals surface area (Å²) in [5.41, 5.74) is 6.78. The highest BCUT2D eigenvalue weighted by Crippen LogP contribution is 2.03. The summed E-state index contributed by atoms with van der Waals surface area (Å²) in [7, 11) is 0. The first kappa shape index (κ1) is 17.9. The average Bonchev–Trinajstić information content (AvgIpc) is 2.29. The molecule has 0 spiro atoms. The third-order valence-corrected chi connectivity index (χ3v) is 2.51. The van der Waals surface area contributed by atoms with Crippen LogP contribution in [0.15, 0.2) is 30.3 Å². The Morgan fingerprint density at radius 1 is 1.32 bits per heavy atom. The summed E-state index contributed by atoms with van der Waals surface area (Å²) in [4.78, 5) is 13.8. The lowest BCUT2D eigenvalue weighted by Crippen LogP contribution is -2.41. The van der Waals surface area contributed by atoms with Crippen molar-refractivity contribution in [1.29, 1.82) is 0 Å². The van der Waals surface area contributed by atoms with Gasteiger partial charge in [-0.25, -0.2) is 0 Å². The van der Waals surface area contributed by atoms with Crippen LogP contribution < -0.4 is 11.1 Å². The van der Waals surface area contributed by atoms with E-state index in [-0.39, 0.29) is 24.4 Å². The number of benzene rings is 1. The number of rotatable bonds is 7. The van der Waals surface area contributed by atoms with Gasteiger partial charge in [-0.3, -0.25) is 9.69 Å². The summed E-state index contributed by atoms with van der Waals surface area (Å²) in [5.74, 6) is 0.0504. The Hall–Kier alpha value is -1.10. The molecule has 0 heterocycles. The highest BCUT2D eigenvalue weighted by Gasteiger charge is 2.11. The Morgan fingerprint density at radius 2 is 1.95 bits per heavy atom. The number of halogens is 1. The van der Waals surface area contributed by atoms with Crippen molar-refractivity contribution in [2.75, 3.05) is 19.6 Å². The van der Waals surface area contributed by atoms with E-state index in [2.05, 4.69) is 22.3 Å². The lowest BCUT2D eigenvalue weighted by molar-refractivity contribution is -0.122. The second-order valence-corrected chi connectivity index (χ2v) is 4.71. The van der Waals surface area contributed by atoms with Crippen molar-refractivity contribution in [3.63, 3.8) is 0 Å². The molecule has 3 N–H and O–H groups in total. The molecule has 0 radical (unpaired) electrons. The minimum atomic E-state index is 0. The zero-order valence-electron chi connectivity index (χ0n) is 11.6. The SMILES string of the molecule is CC(C)NC(=O)CN(CCN)Cc1ccccc1.Cl. The van der Waals surface area contributed by atoms with Gasteiger partial charge >= 0.3 is 0 Å². The number of hydrogen-bond donors (Lipinski definition) is 2. The van der Waals surface area contributed by atoms with E-state index in [1.165, 1.54) is 5.56 Å². The van der Waals surface area contributed by atoms with Crippen molar-refractivity contribution < 1.29 is 4.79 Å². The molecule has 0 aliphatic heterocycles. The summed E-state index contributed by atoms with van der Waals surface area (Å²) in [6.45, 7) is 6.35. The van der Waals surface area contributed by atoms with Gasteiger partial charge in [-0.2, -0.15) is 0 Å². The number of amides is 1. The van der Waals surface area contributed by atoms with Gasteiger partial charge in [0, 0.05) is 25.7 Å². The Labute approximate surface area is 121 Å². The molecule has 1 rings (SSSR count). The highest BCUT2D eigenvalue weighted by molar-refractivity contribution is 5.85. The van der Waals surface area contributed by atoms with Gasteiger partial charge in [0.15, 0.2) is 0 Å². The van der Waals surface area contributed by atoms with Crippen molar-refractivity contribution in [1.82, 2.24) is 10.2 Å². The molecule has 0 bridgehead atoms. The van der Waals surface area contributed by atoms with E-state index in [1.54, 1.807) is 0 Å². The maximum Gasteiger partial charge on any atom is 0.234 e. The Morgan fingerprint density at radius 3 is 2.47 bits per heavy atom. The fraction of sp³-hybridized carbons (Fsp3) is 0.500. The number of nitrogens with zero attached hydrogens (tertiary/aromatic N) is 1. The van der Waals surface area contributed by atoms with Gasteiger partial charge in [-0.15, -0.1) is 12.4 Å². The quantitative estimate of drug-likeness (QED) is 0.796. The van der Waals surface area contributed by atoms with Crippen LogP contribution in [0.25, 0.3) is 0 Å². The summed E-state index contributed by atoms with van der Waals surface area (Å²) in [5, 5.41) is 2.90. The second-order valence-electron chi connectivity index (χ2n) is 4.71. The molecule has 1 amide bonds. The van der Waals surface area contributed by atoms with Gasteiger partial charge in [-0.1, -0.05) is 30.3 Å². The molecule has 0 saturated heterocycles. The normalized spacial score (nSPS) is 10.4. The second kappa shape index (κ2) is 9.78. The third-order valence-electron chi connectivity index (χ3n) is 2.51. The van der Waals surface area contributed by atoms with Gasteiger partial charge in [0.1, 0.15) is 0 Å². The lowest BCUT2D eigenvalue weighted by Gasteiger charge is -2.21. The van der Waals surface area contributed by atoms with Crippen LogP contribution in [0, 0.1) is 0 Å². The first-order chi connectivity index (χ1) is 8.61. The Kier molecular flexibility index (Phi) is 9.21. The van der Waals surface area contributed by atoms with Gasteiger partial charge < -0.3 is 11.1 Å². The van der Waals surface area contributed by atoms with Crippen molar-refractivity contribution in [2.45, 2.75) is 26.4 Å². The summed E-state index contributed by atoms with van der Waals surface area (Å²) >= 11 is 0. The van der Waals surface area contributed by atoms with E-state index in [1.807, 2.05) is 32.0 Å². The molecular weight excluding hydrogens is 262 g/mol. The molecule has 19 heavy (non-hydrogen) atoms. The van der Waals surface area contributed by atoms with Crippen LogP contribution in [-0.2, 0) is 11.3 Å². The van der Waals surface area contributed by atoms with E-state index in [0.29, 0.717) is 13.1 Å². The van der Waals surface area contributed by atoms with E-state index in [4.69, 9.17) is 5.73 Å². The standard InChI is InChI=1S/C14H23N3O.ClH/c1-12(2)16-14(18)11-17(9-8-15)10-13-6-4-3-5-7-13;/h3-7,12H,8-11,15H2,1-2H3,(H,16,18);1H.